The summed E-state index contributed by atoms with van der Waals surface area (Å²) in [7, 11) is 1.54. The lowest BCUT2D eigenvalue weighted by Crippen LogP contribution is -2.32. The van der Waals surface area contributed by atoms with Gasteiger partial charge >= 0.3 is 0 Å². The number of rotatable bonds is 12. The third-order valence-electron chi connectivity index (χ3n) is 5.62. The largest absolute Gasteiger partial charge is 0.507 e. The van der Waals surface area contributed by atoms with Crippen LogP contribution in [0.25, 0.3) is 5.76 Å². The summed E-state index contributed by atoms with van der Waals surface area (Å²) in [5.74, 6) is -0.308. The van der Waals surface area contributed by atoms with Gasteiger partial charge in [0.1, 0.15) is 17.3 Å². The van der Waals surface area contributed by atoms with Crippen LogP contribution < -0.4 is 9.47 Å². The number of ketones is 1. The molecular weight excluding hydrogens is 434 g/mol. The highest BCUT2D eigenvalue weighted by Crippen LogP contribution is 2.40. The van der Waals surface area contributed by atoms with Gasteiger partial charge in [-0.3, -0.25) is 9.59 Å². The zero-order valence-corrected chi connectivity index (χ0v) is 20.1. The molecule has 0 aromatic heterocycles. The number of benzene rings is 2. The predicted octanol–water partition coefficient (Wildman–Crippen LogP) is 4.72. The molecule has 1 amide bonds. The van der Waals surface area contributed by atoms with E-state index >= 15 is 0 Å². The van der Waals surface area contributed by atoms with Crippen molar-refractivity contribution in [1.29, 1.82) is 0 Å². The second kappa shape index (κ2) is 12.2. The minimum atomic E-state index is -0.736. The minimum absolute atomic E-state index is 0.0494. The zero-order chi connectivity index (χ0) is 24.5. The van der Waals surface area contributed by atoms with Crippen LogP contribution in [-0.2, 0) is 14.3 Å². The molecule has 182 valence electrons. The molecular formula is C27H33NO6. The molecule has 1 unspecified atom stereocenters. The van der Waals surface area contributed by atoms with Crippen LogP contribution in [0.15, 0.2) is 54.1 Å². The first-order valence-corrected chi connectivity index (χ1v) is 11.7. The molecule has 1 saturated heterocycles. The number of nitrogens with zero attached hydrogens (tertiary/aromatic N) is 1. The van der Waals surface area contributed by atoms with Gasteiger partial charge in [0.05, 0.1) is 31.4 Å². The summed E-state index contributed by atoms with van der Waals surface area (Å²) in [4.78, 5) is 27.4. The number of aliphatic hydroxyl groups is 1. The minimum Gasteiger partial charge on any atom is -0.507 e. The molecule has 2 aromatic rings. The van der Waals surface area contributed by atoms with E-state index in [1.165, 1.54) is 12.0 Å². The third kappa shape index (κ3) is 5.78. The summed E-state index contributed by atoms with van der Waals surface area (Å²) in [6, 6.07) is 13.5. The van der Waals surface area contributed by atoms with Crippen molar-refractivity contribution < 1.29 is 28.9 Å². The fourth-order valence-corrected chi connectivity index (χ4v) is 3.84. The number of hydrogen-bond acceptors (Lipinski definition) is 6. The van der Waals surface area contributed by atoms with Gasteiger partial charge in [-0.2, -0.15) is 0 Å². The van der Waals surface area contributed by atoms with Crippen molar-refractivity contribution in [3.63, 3.8) is 0 Å². The van der Waals surface area contributed by atoms with E-state index in [9.17, 15) is 14.7 Å². The molecule has 1 fully saturated rings. The molecule has 1 heterocycles. The number of unbranched alkanes of at least 4 members (excludes halogenated alkanes) is 1. The van der Waals surface area contributed by atoms with Gasteiger partial charge in [0.2, 0.25) is 0 Å². The first-order chi connectivity index (χ1) is 16.5. The molecule has 1 aliphatic rings. The summed E-state index contributed by atoms with van der Waals surface area (Å²) in [6.07, 6.45) is 2.84. The molecule has 34 heavy (non-hydrogen) atoms. The van der Waals surface area contributed by atoms with Crippen molar-refractivity contribution in [2.24, 2.45) is 0 Å². The second-order valence-electron chi connectivity index (χ2n) is 8.13. The van der Waals surface area contributed by atoms with Gasteiger partial charge in [0, 0.05) is 19.2 Å². The summed E-state index contributed by atoms with van der Waals surface area (Å²) < 4.78 is 16.6. The highest BCUT2D eigenvalue weighted by atomic mass is 16.5. The van der Waals surface area contributed by atoms with E-state index in [4.69, 9.17) is 14.2 Å². The number of aliphatic hydroxyl groups excluding tert-OH is 1. The van der Waals surface area contributed by atoms with Gasteiger partial charge in [-0.05, 0) is 42.7 Å². The van der Waals surface area contributed by atoms with E-state index in [1.807, 2.05) is 31.2 Å². The Morgan fingerprint density at radius 1 is 0.941 bits per heavy atom. The molecule has 1 N–H and O–H groups in total. The Hall–Kier alpha value is -3.32. The molecule has 7 heteroatoms. The lowest BCUT2D eigenvalue weighted by atomic mass is 9.95. The van der Waals surface area contributed by atoms with E-state index in [-0.39, 0.29) is 24.5 Å². The van der Waals surface area contributed by atoms with E-state index in [2.05, 4.69) is 6.92 Å². The van der Waals surface area contributed by atoms with Crippen molar-refractivity contribution in [3.05, 3.63) is 65.2 Å². The Kier molecular flexibility index (Phi) is 9.10. The fraction of sp³-hybridized carbons (Fsp3) is 0.407. The number of Topliss-reactive ketones (excluding diaryl/α,β-unsaturated/α-hetero) is 1. The Balaban J connectivity index is 2.01. The SMILES string of the molecule is CCCCOc1ccc(C2/C(=C(\O)c3cccc(OCCC)c3)C(=O)C(=O)N2CCOC)cc1. The highest BCUT2D eigenvalue weighted by molar-refractivity contribution is 6.46. The fourth-order valence-electron chi connectivity index (χ4n) is 3.84. The number of carbonyl (C=O) groups excluding carboxylic acids is 2. The van der Waals surface area contributed by atoms with Crippen molar-refractivity contribution >= 4 is 17.4 Å². The van der Waals surface area contributed by atoms with E-state index in [0.717, 1.165) is 19.3 Å². The van der Waals surface area contributed by atoms with Gasteiger partial charge in [-0.25, -0.2) is 0 Å². The highest BCUT2D eigenvalue weighted by Gasteiger charge is 2.45. The first-order valence-electron chi connectivity index (χ1n) is 11.7. The molecule has 2 aromatic carbocycles. The number of likely N-dealkylation sites (tertiary alicyclic amines) is 1. The van der Waals surface area contributed by atoms with Crippen LogP contribution in [0.5, 0.6) is 11.5 Å². The van der Waals surface area contributed by atoms with Crippen LogP contribution in [-0.4, -0.2) is 55.2 Å². The average molecular weight is 468 g/mol. The van der Waals surface area contributed by atoms with Gasteiger partial charge in [-0.1, -0.05) is 44.5 Å². The Bertz CT molecular complexity index is 1010. The normalized spacial score (nSPS) is 17.3. The number of ether oxygens (including phenoxy) is 3. The smallest absolute Gasteiger partial charge is 0.295 e. The molecule has 3 rings (SSSR count). The molecule has 7 nitrogen and oxygen atoms in total. The van der Waals surface area contributed by atoms with Crippen LogP contribution in [0.1, 0.15) is 50.3 Å². The van der Waals surface area contributed by atoms with Crippen molar-refractivity contribution in [2.75, 3.05) is 33.5 Å². The molecule has 1 atom stereocenters. The third-order valence-corrected chi connectivity index (χ3v) is 5.62. The van der Waals surface area contributed by atoms with Crippen LogP contribution >= 0.6 is 0 Å². The lowest BCUT2D eigenvalue weighted by molar-refractivity contribution is -0.140. The van der Waals surface area contributed by atoms with Gasteiger partial charge < -0.3 is 24.2 Å². The van der Waals surface area contributed by atoms with Crippen LogP contribution in [0.3, 0.4) is 0 Å². The van der Waals surface area contributed by atoms with Crippen molar-refractivity contribution in [1.82, 2.24) is 4.90 Å². The van der Waals surface area contributed by atoms with Crippen LogP contribution in [0, 0.1) is 0 Å². The Morgan fingerprint density at radius 3 is 2.35 bits per heavy atom. The quantitative estimate of drug-likeness (QED) is 0.210. The Morgan fingerprint density at radius 2 is 1.68 bits per heavy atom. The summed E-state index contributed by atoms with van der Waals surface area (Å²) in [5, 5.41) is 11.2. The van der Waals surface area contributed by atoms with Gasteiger partial charge in [0.25, 0.3) is 11.7 Å². The topological polar surface area (TPSA) is 85.3 Å². The van der Waals surface area contributed by atoms with Crippen molar-refractivity contribution in [3.8, 4) is 11.5 Å². The van der Waals surface area contributed by atoms with Gasteiger partial charge in [-0.15, -0.1) is 0 Å². The maximum atomic E-state index is 13.1. The molecule has 0 spiro atoms. The first kappa shape index (κ1) is 25.3. The predicted molar refractivity (Wildman–Crippen MR) is 130 cm³/mol. The number of methoxy groups -OCH3 is 1. The average Bonchev–Trinajstić information content (AvgIpc) is 3.11. The van der Waals surface area contributed by atoms with E-state index < -0.39 is 17.7 Å². The molecule has 0 saturated carbocycles. The van der Waals surface area contributed by atoms with E-state index in [0.29, 0.717) is 35.8 Å². The molecule has 0 radical (unpaired) electrons. The standard InChI is InChI=1S/C27H33NO6/c1-4-6-16-34-21-12-10-19(11-13-21)24-23(26(30)27(31)28(24)14-17-32-3)25(29)20-8-7-9-22(18-20)33-15-5-2/h7-13,18,24,29H,4-6,14-17H2,1-3H3/b25-23+. The Labute approximate surface area is 200 Å². The summed E-state index contributed by atoms with van der Waals surface area (Å²) in [5.41, 5.74) is 1.18. The summed E-state index contributed by atoms with van der Waals surface area (Å²) in [6.45, 7) is 5.75. The number of hydrogen-bond donors (Lipinski definition) is 1. The summed E-state index contributed by atoms with van der Waals surface area (Å²) >= 11 is 0. The number of amides is 1. The van der Waals surface area contributed by atoms with Crippen LogP contribution in [0.2, 0.25) is 0 Å². The van der Waals surface area contributed by atoms with E-state index in [1.54, 1.807) is 24.3 Å². The zero-order valence-electron chi connectivity index (χ0n) is 20.1. The van der Waals surface area contributed by atoms with Crippen LogP contribution in [0.4, 0.5) is 0 Å². The van der Waals surface area contributed by atoms with Gasteiger partial charge in [0.15, 0.2) is 0 Å². The molecule has 0 aliphatic carbocycles. The lowest BCUT2D eigenvalue weighted by Gasteiger charge is -2.25. The number of carbonyl (C=O) groups is 2. The maximum absolute atomic E-state index is 13.1. The molecule has 0 bridgehead atoms. The maximum Gasteiger partial charge on any atom is 0.295 e. The second-order valence-corrected chi connectivity index (χ2v) is 8.13. The monoisotopic (exact) mass is 467 g/mol. The van der Waals surface area contributed by atoms with Crippen molar-refractivity contribution in [2.45, 2.75) is 39.2 Å². The molecule has 1 aliphatic heterocycles.